The van der Waals surface area contributed by atoms with Gasteiger partial charge in [0.1, 0.15) is 34.1 Å². The maximum Gasteiger partial charge on any atom is 0.341 e. The Bertz CT molecular complexity index is 1650. The van der Waals surface area contributed by atoms with Crippen LogP contribution in [0.4, 0.5) is 19.0 Å². The summed E-state index contributed by atoms with van der Waals surface area (Å²) in [5.41, 5.74) is 0.876. The Morgan fingerprint density at radius 2 is 1.94 bits per heavy atom. The zero-order chi connectivity index (χ0) is 25.0. The van der Waals surface area contributed by atoms with Crippen LogP contribution in [0.25, 0.3) is 28.2 Å². The Morgan fingerprint density at radius 1 is 1.11 bits per heavy atom. The molecule has 1 aliphatic rings. The highest BCUT2D eigenvalue weighted by Crippen LogP contribution is 2.37. The van der Waals surface area contributed by atoms with E-state index in [0.29, 0.717) is 30.0 Å². The fraction of sp³-hybridized carbons (Fsp3) is 0.200. The highest BCUT2D eigenvalue weighted by atomic mass is 19.1. The largest absolute Gasteiger partial charge is 0.465 e. The first-order valence-electron chi connectivity index (χ1n) is 11.2. The molecule has 1 saturated heterocycles. The number of nitrogens with zero attached hydrogens (tertiary/aromatic N) is 5. The molecule has 3 aromatic heterocycles. The van der Waals surface area contributed by atoms with E-state index < -0.39 is 23.4 Å². The molecule has 1 aliphatic heterocycles. The van der Waals surface area contributed by atoms with Gasteiger partial charge in [0.25, 0.3) is 0 Å². The molecule has 0 N–H and O–H groups in total. The maximum absolute atomic E-state index is 14.5. The number of hydrogen-bond donors (Lipinski definition) is 0. The van der Waals surface area contributed by atoms with E-state index in [0.717, 1.165) is 24.6 Å². The summed E-state index contributed by atoms with van der Waals surface area (Å²) in [5, 5.41) is 4.27. The number of ether oxygens (including phenoxy) is 1. The van der Waals surface area contributed by atoms with Gasteiger partial charge in [-0.1, -0.05) is 0 Å². The Kier molecular flexibility index (Phi) is 5.13. The van der Waals surface area contributed by atoms with E-state index in [4.69, 9.17) is 14.1 Å². The van der Waals surface area contributed by atoms with Crippen LogP contribution < -0.4 is 4.90 Å². The van der Waals surface area contributed by atoms with E-state index >= 15 is 0 Å². The van der Waals surface area contributed by atoms with Crippen molar-refractivity contribution < 1.29 is 27.1 Å². The van der Waals surface area contributed by atoms with Gasteiger partial charge in [-0.25, -0.2) is 32.4 Å². The van der Waals surface area contributed by atoms with Gasteiger partial charge in [-0.3, -0.25) is 0 Å². The van der Waals surface area contributed by atoms with Crippen LogP contribution in [0.1, 0.15) is 34.8 Å². The molecule has 0 aliphatic carbocycles. The maximum atomic E-state index is 14.5. The minimum absolute atomic E-state index is 0.0223. The van der Waals surface area contributed by atoms with Crippen LogP contribution in [0.2, 0.25) is 0 Å². The number of anilines is 1. The Morgan fingerprint density at radius 3 is 2.78 bits per heavy atom. The number of hydrogen-bond acceptors (Lipinski definition) is 7. The quantitative estimate of drug-likeness (QED) is 0.323. The van der Waals surface area contributed by atoms with E-state index in [-0.39, 0.29) is 34.2 Å². The number of aromatic nitrogens is 4. The molecular formula is C25H18F3N5O3. The summed E-state index contributed by atoms with van der Waals surface area (Å²) in [6, 6.07) is 7.17. The molecular weight excluding hydrogens is 475 g/mol. The van der Waals surface area contributed by atoms with Crippen molar-refractivity contribution >= 4 is 28.5 Å². The van der Waals surface area contributed by atoms with Gasteiger partial charge in [-0.15, -0.1) is 0 Å². The monoisotopic (exact) mass is 493 g/mol. The minimum Gasteiger partial charge on any atom is -0.465 e. The number of methoxy groups -OCH3 is 1. The molecule has 0 bridgehead atoms. The zero-order valence-electron chi connectivity index (χ0n) is 18.9. The third kappa shape index (κ3) is 3.46. The number of oxazole rings is 1. The van der Waals surface area contributed by atoms with Crippen molar-refractivity contribution in [2.75, 3.05) is 18.6 Å². The number of rotatable bonds is 4. The lowest BCUT2D eigenvalue weighted by Gasteiger charge is -2.26. The molecule has 8 nitrogen and oxygen atoms in total. The van der Waals surface area contributed by atoms with Gasteiger partial charge in [-0.2, -0.15) is 5.10 Å². The second-order valence-corrected chi connectivity index (χ2v) is 8.41. The van der Waals surface area contributed by atoms with Gasteiger partial charge in [-0.05, 0) is 49.2 Å². The molecule has 6 rings (SSSR count). The molecule has 182 valence electrons. The van der Waals surface area contributed by atoms with E-state index in [1.165, 1.54) is 30.0 Å². The number of halogens is 3. The molecule has 5 aromatic rings. The predicted octanol–water partition coefficient (Wildman–Crippen LogP) is 5.08. The second-order valence-electron chi connectivity index (χ2n) is 8.41. The standard InChI is InChI=1S/C25H18F3N5O3/c1-35-25(34)14-5-7-18(28)21-22(14)36-24(31-21)16-12-29-33-10-8-20(30-23(16)33)32-9-2-3-19(32)15-11-13(26)4-6-17(15)27/h4-8,10-12,19H,2-3,9H2,1H3/t19-/m1/s1. The fourth-order valence-electron chi connectivity index (χ4n) is 4.67. The van der Waals surface area contributed by atoms with Gasteiger partial charge in [0.05, 0.1) is 19.3 Å². The van der Waals surface area contributed by atoms with Crippen LogP contribution in [-0.4, -0.2) is 39.2 Å². The molecule has 1 fully saturated rings. The van der Waals surface area contributed by atoms with E-state index in [9.17, 15) is 18.0 Å². The Labute approximate surface area is 201 Å². The van der Waals surface area contributed by atoms with Gasteiger partial charge >= 0.3 is 5.97 Å². The normalized spacial score (nSPS) is 15.8. The predicted molar refractivity (Wildman–Crippen MR) is 123 cm³/mol. The van der Waals surface area contributed by atoms with E-state index in [1.54, 1.807) is 12.3 Å². The van der Waals surface area contributed by atoms with Crippen molar-refractivity contribution in [3.8, 4) is 11.5 Å². The summed E-state index contributed by atoms with van der Waals surface area (Å²) < 4.78 is 54.9. The second kappa shape index (κ2) is 8.36. The first-order chi connectivity index (χ1) is 17.4. The average Bonchev–Trinajstić information content (AvgIpc) is 3.63. The molecule has 0 saturated carbocycles. The van der Waals surface area contributed by atoms with Crippen LogP contribution in [0.15, 0.2) is 53.2 Å². The topological polar surface area (TPSA) is 85.8 Å². The van der Waals surface area contributed by atoms with Crippen LogP contribution in [0.3, 0.4) is 0 Å². The number of benzene rings is 2. The molecule has 0 spiro atoms. The number of carbonyl (C=O) groups excluding carboxylic acids is 1. The summed E-state index contributed by atoms with van der Waals surface area (Å²) in [6.07, 6.45) is 4.57. The van der Waals surface area contributed by atoms with Crippen molar-refractivity contribution in [3.05, 3.63) is 77.4 Å². The van der Waals surface area contributed by atoms with E-state index in [2.05, 4.69) is 10.1 Å². The highest BCUT2D eigenvalue weighted by molar-refractivity contribution is 6.01. The number of esters is 1. The summed E-state index contributed by atoms with van der Waals surface area (Å²) in [4.78, 5) is 23.0. The first kappa shape index (κ1) is 22.1. The third-order valence-corrected chi connectivity index (χ3v) is 6.35. The molecule has 0 radical (unpaired) electrons. The summed E-state index contributed by atoms with van der Waals surface area (Å²) in [5.74, 6) is -1.77. The molecule has 11 heteroatoms. The smallest absolute Gasteiger partial charge is 0.341 e. The third-order valence-electron chi connectivity index (χ3n) is 6.35. The lowest BCUT2D eigenvalue weighted by molar-refractivity contribution is 0.0601. The van der Waals surface area contributed by atoms with Crippen LogP contribution in [0.5, 0.6) is 0 Å². The van der Waals surface area contributed by atoms with Gasteiger partial charge in [0.2, 0.25) is 5.89 Å². The molecule has 4 heterocycles. The van der Waals surface area contributed by atoms with Gasteiger partial charge < -0.3 is 14.1 Å². The van der Waals surface area contributed by atoms with Crippen molar-refractivity contribution in [2.24, 2.45) is 0 Å². The zero-order valence-corrected chi connectivity index (χ0v) is 18.9. The van der Waals surface area contributed by atoms with Crippen LogP contribution in [0, 0.1) is 17.5 Å². The van der Waals surface area contributed by atoms with Crippen LogP contribution in [-0.2, 0) is 4.74 Å². The molecule has 2 aromatic carbocycles. The molecule has 36 heavy (non-hydrogen) atoms. The van der Waals surface area contributed by atoms with Crippen molar-refractivity contribution in [1.29, 1.82) is 0 Å². The van der Waals surface area contributed by atoms with Crippen molar-refractivity contribution in [2.45, 2.75) is 18.9 Å². The van der Waals surface area contributed by atoms with Gasteiger partial charge in [0, 0.05) is 18.3 Å². The lowest BCUT2D eigenvalue weighted by Crippen LogP contribution is -2.24. The Hall–Kier alpha value is -4.41. The average molecular weight is 493 g/mol. The minimum atomic E-state index is -0.687. The molecule has 1 atom stereocenters. The number of carbonyl (C=O) groups is 1. The van der Waals surface area contributed by atoms with Crippen molar-refractivity contribution in [3.63, 3.8) is 0 Å². The molecule has 0 amide bonds. The lowest BCUT2D eigenvalue weighted by atomic mass is 10.0. The summed E-state index contributed by atoms with van der Waals surface area (Å²) in [6.45, 7) is 0.601. The highest BCUT2D eigenvalue weighted by Gasteiger charge is 2.30. The first-order valence-corrected chi connectivity index (χ1v) is 11.2. The Balaban J connectivity index is 1.44. The van der Waals surface area contributed by atoms with E-state index in [1.807, 2.05) is 4.90 Å². The number of fused-ring (bicyclic) bond motifs is 2. The SMILES string of the molecule is COC(=O)c1ccc(F)c2nc(-c3cnn4ccc(N5CCC[C@@H]5c5cc(F)ccc5F)nc34)oc12. The van der Waals surface area contributed by atoms with Crippen molar-refractivity contribution in [1.82, 2.24) is 19.6 Å². The van der Waals surface area contributed by atoms with Gasteiger partial charge in [0.15, 0.2) is 17.0 Å². The fourth-order valence-corrected chi connectivity index (χ4v) is 4.67. The summed E-state index contributed by atoms with van der Waals surface area (Å²) >= 11 is 0. The van der Waals surface area contributed by atoms with Crippen LogP contribution >= 0.6 is 0 Å². The molecule has 0 unspecified atom stereocenters. The summed E-state index contributed by atoms with van der Waals surface area (Å²) in [7, 11) is 1.22.